The first kappa shape index (κ1) is 22.0. The molecule has 2 aromatic carbocycles. The number of carbonyl (C=O) groups is 1. The molecule has 0 bridgehead atoms. The predicted octanol–water partition coefficient (Wildman–Crippen LogP) is 3.75. The molecule has 4 rings (SSSR count). The van der Waals surface area contributed by atoms with Crippen LogP contribution in [0.4, 0.5) is 5.13 Å². The zero-order valence-corrected chi connectivity index (χ0v) is 19.1. The van der Waals surface area contributed by atoms with Gasteiger partial charge in [-0.25, -0.2) is 13.4 Å². The molecular formula is C23H22N2O5S2. The molecule has 0 unspecified atom stereocenters. The van der Waals surface area contributed by atoms with Crippen LogP contribution >= 0.6 is 11.3 Å². The average molecular weight is 471 g/mol. The van der Waals surface area contributed by atoms with Crippen LogP contribution in [-0.2, 0) is 21.1 Å². The molecule has 0 aliphatic carbocycles. The number of thiazole rings is 1. The van der Waals surface area contributed by atoms with E-state index in [1.165, 1.54) is 17.6 Å². The largest absolute Gasteiger partial charge is 0.486 e. The molecule has 32 heavy (non-hydrogen) atoms. The molecule has 0 radical (unpaired) electrons. The highest BCUT2D eigenvalue weighted by molar-refractivity contribution is 7.90. The number of hydrogen-bond donors (Lipinski definition) is 0. The third-order valence-corrected chi connectivity index (χ3v) is 6.87. The van der Waals surface area contributed by atoms with Gasteiger partial charge >= 0.3 is 0 Å². The van der Waals surface area contributed by atoms with Gasteiger partial charge in [0.1, 0.15) is 13.2 Å². The highest BCUT2D eigenvalue weighted by Gasteiger charge is 2.20. The molecule has 2 heterocycles. The lowest BCUT2D eigenvalue weighted by molar-refractivity contribution is -0.117. The summed E-state index contributed by atoms with van der Waals surface area (Å²) in [6.07, 6.45) is 3.01. The fraction of sp³-hybridized carbons (Fsp3) is 0.217. The van der Waals surface area contributed by atoms with Crippen LogP contribution in [0.3, 0.4) is 0 Å². The maximum absolute atomic E-state index is 13.1. The van der Waals surface area contributed by atoms with Crippen molar-refractivity contribution in [3.05, 3.63) is 66.1 Å². The Kier molecular flexibility index (Phi) is 6.29. The van der Waals surface area contributed by atoms with Gasteiger partial charge in [-0.2, -0.15) is 0 Å². The molecular weight excluding hydrogens is 448 g/mol. The molecule has 0 atom stereocenters. The maximum Gasteiger partial charge on any atom is 0.233 e. The Morgan fingerprint density at radius 1 is 1.16 bits per heavy atom. The van der Waals surface area contributed by atoms with E-state index >= 15 is 0 Å². The molecule has 9 heteroatoms. The quantitative estimate of drug-likeness (QED) is 0.489. The predicted molar refractivity (Wildman–Crippen MR) is 124 cm³/mol. The van der Waals surface area contributed by atoms with E-state index in [0.717, 1.165) is 11.1 Å². The molecule has 1 aromatic heterocycles. The van der Waals surface area contributed by atoms with Gasteiger partial charge in [-0.1, -0.05) is 24.3 Å². The Balaban J connectivity index is 1.53. The molecule has 0 N–H and O–H groups in total. The van der Waals surface area contributed by atoms with Crippen molar-refractivity contribution < 1.29 is 22.7 Å². The van der Waals surface area contributed by atoms with Gasteiger partial charge in [-0.3, -0.25) is 9.69 Å². The molecule has 3 aromatic rings. The first-order valence-corrected chi connectivity index (χ1v) is 12.7. The van der Waals surface area contributed by atoms with Gasteiger partial charge in [0.2, 0.25) is 5.91 Å². The Morgan fingerprint density at radius 3 is 2.56 bits per heavy atom. The molecule has 1 aliphatic rings. The number of aromatic nitrogens is 1. The average Bonchev–Trinajstić information content (AvgIpc) is 3.26. The van der Waals surface area contributed by atoms with Crippen molar-refractivity contribution in [3.8, 4) is 22.8 Å². The van der Waals surface area contributed by atoms with Crippen LogP contribution in [-0.4, -0.2) is 45.3 Å². The van der Waals surface area contributed by atoms with Crippen LogP contribution in [0.1, 0.15) is 5.56 Å². The number of carbonyl (C=O) groups excluding carboxylic acids is 1. The van der Waals surface area contributed by atoms with E-state index in [1.54, 1.807) is 35.2 Å². The van der Waals surface area contributed by atoms with E-state index < -0.39 is 9.84 Å². The lowest BCUT2D eigenvalue weighted by Gasteiger charge is -2.20. The van der Waals surface area contributed by atoms with Crippen LogP contribution in [0, 0.1) is 0 Å². The van der Waals surface area contributed by atoms with Gasteiger partial charge in [-0.15, -0.1) is 17.9 Å². The van der Waals surface area contributed by atoms with Gasteiger partial charge in [0.05, 0.1) is 17.0 Å². The minimum atomic E-state index is -3.26. The highest BCUT2D eigenvalue weighted by atomic mass is 32.2. The standard InChI is InChI=1S/C23H22N2O5S2/c1-3-10-25(22(26)14-16-4-9-20-21(13-16)30-12-11-29-20)23-24-19(15-31-23)17-5-7-18(8-6-17)32(2,27)28/h3-9,13,15H,1,10-12,14H2,2H3. The molecule has 0 saturated carbocycles. The number of hydrogen-bond acceptors (Lipinski definition) is 7. The maximum atomic E-state index is 13.1. The third-order valence-electron chi connectivity index (χ3n) is 4.88. The van der Waals surface area contributed by atoms with Crippen molar-refractivity contribution in [2.75, 3.05) is 30.9 Å². The lowest BCUT2D eigenvalue weighted by atomic mass is 10.1. The second-order valence-corrected chi connectivity index (χ2v) is 10.1. The molecule has 1 aliphatic heterocycles. The van der Waals surface area contributed by atoms with Crippen LogP contribution in [0.25, 0.3) is 11.3 Å². The summed E-state index contributed by atoms with van der Waals surface area (Å²) in [5, 5.41) is 2.40. The van der Waals surface area contributed by atoms with Crippen LogP contribution in [0.2, 0.25) is 0 Å². The fourth-order valence-corrected chi connectivity index (χ4v) is 4.77. The first-order valence-electron chi connectivity index (χ1n) is 9.91. The number of fused-ring (bicyclic) bond motifs is 1. The van der Waals surface area contributed by atoms with Gasteiger partial charge in [-0.05, 0) is 29.8 Å². The molecule has 7 nitrogen and oxygen atoms in total. The van der Waals surface area contributed by atoms with Gasteiger partial charge in [0.25, 0.3) is 0 Å². The summed E-state index contributed by atoms with van der Waals surface area (Å²) in [5.41, 5.74) is 2.27. The van der Waals surface area contributed by atoms with Crippen molar-refractivity contribution in [1.29, 1.82) is 0 Å². The van der Waals surface area contributed by atoms with Gasteiger partial charge in [0.15, 0.2) is 26.5 Å². The van der Waals surface area contributed by atoms with Gasteiger partial charge in [0, 0.05) is 23.7 Å². The monoisotopic (exact) mass is 470 g/mol. The van der Waals surface area contributed by atoms with Crippen molar-refractivity contribution in [2.24, 2.45) is 0 Å². The van der Waals surface area contributed by atoms with Crippen molar-refractivity contribution in [3.63, 3.8) is 0 Å². The zero-order chi connectivity index (χ0) is 22.7. The second-order valence-electron chi connectivity index (χ2n) is 7.26. The number of benzene rings is 2. The van der Waals surface area contributed by atoms with E-state index in [0.29, 0.717) is 42.1 Å². The number of anilines is 1. The van der Waals surface area contributed by atoms with E-state index in [9.17, 15) is 13.2 Å². The smallest absolute Gasteiger partial charge is 0.233 e. The molecule has 166 valence electrons. The third kappa shape index (κ3) is 4.84. The molecule has 1 amide bonds. The summed E-state index contributed by atoms with van der Waals surface area (Å²) in [6, 6.07) is 12.0. The molecule has 0 spiro atoms. The Bertz CT molecular complexity index is 1250. The highest BCUT2D eigenvalue weighted by Crippen LogP contribution is 2.32. The van der Waals surface area contributed by atoms with Crippen molar-refractivity contribution in [1.82, 2.24) is 4.98 Å². The molecule has 0 saturated heterocycles. The van der Waals surface area contributed by atoms with E-state index in [4.69, 9.17) is 9.47 Å². The summed E-state index contributed by atoms with van der Waals surface area (Å²) in [4.78, 5) is 19.5. The number of sulfone groups is 1. The van der Waals surface area contributed by atoms with Crippen LogP contribution in [0.15, 0.2) is 65.4 Å². The second kappa shape index (κ2) is 9.13. The SMILES string of the molecule is C=CCN(C(=O)Cc1ccc2c(c1)OCCO2)c1nc(-c2ccc(S(C)(=O)=O)cc2)cs1. The fourth-order valence-electron chi connectivity index (χ4n) is 3.28. The van der Waals surface area contributed by atoms with Crippen molar-refractivity contribution in [2.45, 2.75) is 11.3 Å². The molecule has 0 fully saturated rings. The summed E-state index contributed by atoms with van der Waals surface area (Å²) in [7, 11) is -3.26. The van der Waals surface area contributed by atoms with Gasteiger partial charge < -0.3 is 9.47 Å². The number of ether oxygens (including phenoxy) is 2. The lowest BCUT2D eigenvalue weighted by Crippen LogP contribution is -2.32. The Hall–Kier alpha value is -3.17. The summed E-state index contributed by atoms with van der Waals surface area (Å²) in [6.45, 7) is 5.08. The Morgan fingerprint density at radius 2 is 1.88 bits per heavy atom. The van der Waals surface area contributed by atoms with E-state index in [-0.39, 0.29) is 17.2 Å². The minimum Gasteiger partial charge on any atom is -0.486 e. The number of amides is 1. The zero-order valence-electron chi connectivity index (χ0n) is 17.5. The van der Waals surface area contributed by atoms with E-state index in [2.05, 4.69) is 11.6 Å². The summed E-state index contributed by atoms with van der Waals surface area (Å²) >= 11 is 1.35. The normalized spacial score (nSPS) is 12.9. The summed E-state index contributed by atoms with van der Waals surface area (Å²) in [5.74, 6) is 1.21. The number of nitrogens with zero attached hydrogens (tertiary/aromatic N) is 2. The summed E-state index contributed by atoms with van der Waals surface area (Å²) < 4.78 is 34.5. The first-order chi connectivity index (χ1) is 15.3. The van der Waals surface area contributed by atoms with Crippen molar-refractivity contribution >= 4 is 32.2 Å². The van der Waals surface area contributed by atoms with E-state index in [1.807, 2.05) is 23.6 Å². The number of rotatable bonds is 7. The van der Waals surface area contributed by atoms with Crippen LogP contribution < -0.4 is 14.4 Å². The minimum absolute atomic E-state index is 0.116. The van der Waals surface area contributed by atoms with Crippen LogP contribution in [0.5, 0.6) is 11.5 Å². The Labute approximate surface area is 190 Å². The topological polar surface area (TPSA) is 85.8 Å².